The first-order chi connectivity index (χ1) is 16.1. The third kappa shape index (κ3) is 9.77. The monoisotopic (exact) mass is 463 g/mol. The van der Waals surface area contributed by atoms with Crippen LogP contribution in [0.5, 0.6) is 5.75 Å². The molecule has 5 heteroatoms. The molecule has 1 atom stereocenters. The average Bonchev–Trinajstić information content (AvgIpc) is 2.82. The van der Waals surface area contributed by atoms with Gasteiger partial charge in [-0.05, 0) is 55.9 Å². The molecule has 33 heavy (non-hydrogen) atoms. The van der Waals surface area contributed by atoms with Crippen molar-refractivity contribution in [3.8, 4) is 17.0 Å². The van der Waals surface area contributed by atoms with Crippen molar-refractivity contribution in [1.82, 2.24) is 4.98 Å². The van der Waals surface area contributed by atoms with E-state index >= 15 is 0 Å². The molecule has 0 saturated carbocycles. The minimum atomic E-state index is -0.971. The van der Waals surface area contributed by atoms with Crippen LogP contribution in [0, 0.1) is 11.6 Å². The lowest BCUT2D eigenvalue weighted by Gasteiger charge is -2.11. The first-order valence-electron chi connectivity index (χ1n) is 12.8. The number of pyridine rings is 1. The van der Waals surface area contributed by atoms with Gasteiger partial charge >= 0.3 is 0 Å². The normalized spacial score (nSPS) is 12.2. The molecule has 0 N–H and O–H groups in total. The third-order valence-corrected chi connectivity index (χ3v) is 6.01. The molecular weight excluding hydrogens is 423 g/mol. The molecule has 184 valence electrons. The lowest BCUT2D eigenvalue weighted by molar-refractivity contribution is 0.283. The number of nitrogens with zero attached hydrogens (tertiary/aromatic N) is 1. The summed E-state index contributed by atoms with van der Waals surface area (Å²) in [6, 6.07) is 6.53. The lowest BCUT2D eigenvalue weighted by atomic mass is 10.0. The van der Waals surface area contributed by atoms with E-state index in [2.05, 4.69) is 18.8 Å². The molecule has 0 saturated heterocycles. The third-order valence-electron chi connectivity index (χ3n) is 6.01. The number of alkyl halides is 1. The van der Waals surface area contributed by atoms with Crippen molar-refractivity contribution >= 4 is 0 Å². The fraction of sp³-hybridized carbons (Fsp3) is 0.607. The van der Waals surface area contributed by atoms with Gasteiger partial charge in [-0.25, -0.2) is 8.78 Å². The first-order valence-corrected chi connectivity index (χ1v) is 12.8. The molecule has 2 aromatic rings. The van der Waals surface area contributed by atoms with Gasteiger partial charge in [-0.15, -0.1) is 0 Å². The van der Waals surface area contributed by atoms with Crippen LogP contribution in [0.15, 0.2) is 30.5 Å². The number of halogens is 3. The molecule has 1 heterocycles. The van der Waals surface area contributed by atoms with Gasteiger partial charge in [0.05, 0.1) is 12.3 Å². The summed E-state index contributed by atoms with van der Waals surface area (Å²) in [5.74, 6) is -1.97. The predicted octanol–water partition coefficient (Wildman–Crippen LogP) is 9.01. The summed E-state index contributed by atoms with van der Waals surface area (Å²) < 4.78 is 48.5. The molecule has 2 nitrogen and oxygen atoms in total. The molecule has 0 fully saturated rings. The largest absolute Gasteiger partial charge is 0.490 e. The van der Waals surface area contributed by atoms with Crippen LogP contribution in [0.25, 0.3) is 11.3 Å². The van der Waals surface area contributed by atoms with E-state index in [0.717, 1.165) is 56.9 Å². The highest BCUT2D eigenvalue weighted by atomic mass is 19.2. The van der Waals surface area contributed by atoms with Gasteiger partial charge in [0.2, 0.25) is 5.82 Å². The Labute approximate surface area is 198 Å². The van der Waals surface area contributed by atoms with Crippen LogP contribution < -0.4 is 4.74 Å². The summed E-state index contributed by atoms with van der Waals surface area (Å²) in [7, 11) is 0. The van der Waals surface area contributed by atoms with Gasteiger partial charge in [-0.3, -0.25) is 4.98 Å². The van der Waals surface area contributed by atoms with Crippen LogP contribution in [-0.2, 0) is 6.42 Å². The van der Waals surface area contributed by atoms with Crippen molar-refractivity contribution < 1.29 is 17.9 Å². The Morgan fingerprint density at radius 2 is 1.48 bits per heavy atom. The second-order valence-corrected chi connectivity index (χ2v) is 8.89. The molecule has 0 aliphatic carbocycles. The zero-order valence-corrected chi connectivity index (χ0v) is 20.4. The zero-order valence-electron chi connectivity index (χ0n) is 20.4. The summed E-state index contributed by atoms with van der Waals surface area (Å²) in [5.41, 5.74) is 1.46. The maximum Gasteiger partial charge on any atom is 0.201 e. The fourth-order valence-electron chi connectivity index (χ4n) is 3.93. The molecule has 0 radical (unpaired) electrons. The van der Waals surface area contributed by atoms with E-state index in [4.69, 9.17) is 4.74 Å². The van der Waals surface area contributed by atoms with E-state index in [1.807, 2.05) is 6.07 Å². The van der Waals surface area contributed by atoms with E-state index in [1.165, 1.54) is 31.4 Å². The molecule has 0 aliphatic heterocycles. The SMILES string of the molecule is CCCCCCCCOc1ccc(-c2ccc(CCCC(F)CCCCC)cn2)c(F)c1F. The molecule has 1 aromatic carbocycles. The molecule has 0 amide bonds. The Balaban J connectivity index is 1.83. The van der Waals surface area contributed by atoms with Crippen LogP contribution in [0.3, 0.4) is 0 Å². The Morgan fingerprint density at radius 1 is 0.788 bits per heavy atom. The summed E-state index contributed by atoms with van der Waals surface area (Å²) in [4.78, 5) is 4.31. The quantitative estimate of drug-likeness (QED) is 0.218. The predicted molar refractivity (Wildman–Crippen MR) is 130 cm³/mol. The maximum atomic E-state index is 14.6. The van der Waals surface area contributed by atoms with Crippen molar-refractivity contribution in [3.05, 3.63) is 47.7 Å². The van der Waals surface area contributed by atoms with Gasteiger partial charge in [0, 0.05) is 11.8 Å². The van der Waals surface area contributed by atoms with Gasteiger partial charge in [-0.1, -0.05) is 71.3 Å². The summed E-state index contributed by atoms with van der Waals surface area (Å²) >= 11 is 0. The smallest absolute Gasteiger partial charge is 0.201 e. The first kappa shape index (κ1) is 27.2. The maximum absolute atomic E-state index is 14.6. The number of unbranched alkanes of at least 4 members (excludes halogenated alkanes) is 7. The van der Waals surface area contributed by atoms with Crippen molar-refractivity contribution in [1.29, 1.82) is 0 Å². The summed E-state index contributed by atoms with van der Waals surface area (Å²) in [6.07, 6.45) is 13.3. The zero-order chi connectivity index (χ0) is 23.9. The van der Waals surface area contributed by atoms with Crippen molar-refractivity contribution in [2.24, 2.45) is 0 Å². The van der Waals surface area contributed by atoms with Crippen LogP contribution >= 0.6 is 0 Å². The van der Waals surface area contributed by atoms with E-state index in [0.29, 0.717) is 25.1 Å². The van der Waals surface area contributed by atoms with E-state index < -0.39 is 17.8 Å². The summed E-state index contributed by atoms with van der Waals surface area (Å²) in [6.45, 7) is 4.67. The van der Waals surface area contributed by atoms with E-state index in [-0.39, 0.29) is 11.3 Å². The highest BCUT2D eigenvalue weighted by Crippen LogP contribution is 2.29. The number of rotatable bonds is 17. The second kappa shape index (κ2) is 15.7. The number of hydrogen-bond donors (Lipinski definition) is 0. The number of benzene rings is 1. The second-order valence-electron chi connectivity index (χ2n) is 8.89. The van der Waals surface area contributed by atoms with Crippen LogP contribution in [0.1, 0.15) is 96.5 Å². The van der Waals surface area contributed by atoms with Crippen LogP contribution in [0.2, 0.25) is 0 Å². The van der Waals surface area contributed by atoms with Crippen LogP contribution in [0.4, 0.5) is 13.2 Å². The summed E-state index contributed by atoms with van der Waals surface area (Å²) in [5, 5.41) is 0. The van der Waals surface area contributed by atoms with Crippen molar-refractivity contribution in [3.63, 3.8) is 0 Å². The highest BCUT2D eigenvalue weighted by molar-refractivity contribution is 5.61. The molecule has 1 aromatic heterocycles. The molecule has 2 rings (SSSR count). The average molecular weight is 464 g/mol. The number of ether oxygens (including phenoxy) is 1. The Morgan fingerprint density at radius 3 is 2.21 bits per heavy atom. The van der Waals surface area contributed by atoms with Gasteiger partial charge < -0.3 is 4.74 Å². The lowest BCUT2D eigenvalue weighted by Crippen LogP contribution is -2.02. The van der Waals surface area contributed by atoms with Crippen molar-refractivity contribution in [2.45, 2.75) is 103 Å². The standard InChI is InChI=1S/C28H40F3NO/c1-3-5-7-8-9-11-20-33-26-19-17-24(27(30)28(26)31)25-18-16-22(21-32-25)13-12-15-23(29)14-10-6-4-2/h16-19,21,23H,3-15,20H2,1-2H3. The van der Waals surface area contributed by atoms with Gasteiger partial charge in [0.25, 0.3) is 0 Å². The number of hydrogen-bond acceptors (Lipinski definition) is 2. The van der Waals surface area contributed by atoms with Gasteiger partial charge in [0.1, 0.15) is 6.17 Å². The van der Waals surface area contributed by atoms with Crippen LogP contribution in [-0.4, -0.2) is 17.8 Å². The highest BCUT2D eigenvalue weighted by Gasteiger charge is 2.16. The molecule has 0 spiro atoms. The molecular formula is C28H40F3NO. The Hall–Kier alpha value is -2.04. The Bertz CT molecular complexity index is 794. The Kier molecular flexibility index (Phi) is 13.0. The number of aromatic nitrogens is 1. The number of aryl methyl sites for hydroxylation is 1. The molecule has 0 bridgehead atoms. The van der Waals surface area contributed by atoms with E-state index in [1.54, 1.807) is 12.3 Å². The van der Waals surface area contributed by atoms with Gasteiger partial charge in [0.15, 0.2) is 11.6 Å². The fourth-order valence-corrected chi connectivity index (χ4v) is 3.93. The minimum absolute atomic E-state index is 0.0545. The van der Waals surface area contributed by atoms with E-state index in [9.17, 15) is 13.2 Å². The van der Waals surface area contributed by atoms with Gasteiger partial charge in [-0.2, -0.15) is 4.39 Å². The molecule has 1 unspecified atom stereocenters. The minimum Gasteiger partial charge on any atom is -0.490 e. The van der Waals surface area contributed by atoms with Crippen molar-refractivity contribution in [2.75, 3.05) is 6.61 Å². The molecule has 0 aliphatic rings. The topological polar surface area (TPSA) is 22.1 Å².